The van der Waals surface area contributed by atoms with Gasteiger partial charge in [0.1, 0.15) is 4.90 Å². The van der Waals surface area contributed by atoms with E-state index in [0.29, 0.717) is 32.3 Å². The molecule has 0 radical (unpaired) electrons. The van der Waals surface area contributed by atoms with Gasteiger partial charge in [-0.1, -0.05) is 32.0 Å². The average molecular weight is 653 g/mol. The number of hydrogen-bond acceptors (Lipinski definition) is 9. The Hall–Kier alpha value is -2.37. The van der Waals surface area contributed by atoms with Gasteiger partial charge in [-0.05, 0) is 43.4 Å². The molecule has 1 amide bonds. The summed E-state index contributed by atoms with van der Waals surface area (Å²) in [7, 11) is -10.5. The van der Waals surface area contributed by atoms with Crippen molar-refractivity contribution in [3.05, 3.63) is 48.5 Å². The summed E-state index contributed by atoms with van der Waals surface area (Å²) in [6, 6.07) is 10.5. The Labute approximate surface area is 248 Å². The van der Waals surface area contributed by atoms with Crippen LogP contribution < -0.4 is 10.5 Å². The molecule has 0 aromatic heterocycles. The molecule has 2 atom stereocenters. The summed E-state index contributed by atoms with van der Waals surface area (Å²) in [5.74, 6) is -0.0961. The molecule has 10 nitrogen and oxygen atoms in total. The van der Waals surface area contributed by atoms with Crippen LogP contribution in [0.5, 0.6) is 0 Å². The first kappa shape index (κ1) is 34.1. The van der Waals surface area contributed by atoms with Gasteiger partial charge in [0.15, 0.2) is 0 Å². The lowest BCUT2D eigenvalue weighted by Crippen LogP contribution is -2.50. The molecule has 0 aliphatic carbocycles. The van der Waals surface area contributed by atoms with Crippen molar-refractivity contribution < 1.29 is 39.5 Å². The topological polar surface area (TPSA) is 139 Å². The van der Waals surface area contributed by atoms with E-state index in [-0.39, 0.29) is 24.2 Å². The van der Waals surface area contributed by atoms with Gasteiger partial charge in [-0.25, -0.2) is 22.0 Å². The number of anilines is 1. The zero-order valence-electron chi connectivity index (χ0n) is 23.2. The van der Waals surface area contributed by atoms with Crippen LogP contribution in [0.25, 0.3) is 0 Å². The molecule has 1 fully saturated rings. The Kier molecular flexibility index (Phi) is 11.7. The highest BCUT2D eigenvalue weighted by atomic mass is 32.2. The first-order chi connectivity index (χ1) is 19.7. The summed E-state index contributed by atoms with van der Waals surface area (Å²) in [5.41, 5.74) is -6.20. The van der Waals surface area contributed by atoms with Crippen LogP contribution in [-0.2, 0) is 29.4 Å². The molecule has 1 heterocycles. The predicted molar refractivity (Wildman–Crippen MR) is 154 cm³/mol. The van der Waals surface area contributed by atoms with Gasteiger partial charge < -0.3 is 19.9 Å². The van der Waals surface area contributed by atoms with Crippen molar-refractivity contribution in [1.29, 1.82) is 0 Å². The molecule has 1 saturated heterocycles. The Balaban J connectivity index is 1.91. The molecule has 42 heavy (non-hydrogen) atoms. The second-order valence-corrected chi connectivity index (χ2v) is 14.2. The van der Waals surface area contributed by atoms with Gasteiger partial charge in [-0.2, -0.15) is 13.2 Å². The minimum Gasteiger partial charge on any atom is -0.380 e. The zero-order chi connectivity index (χ0) is 31.1. The third-order valence-corrected chi connectivity index (χ3v) is 10.3. The summed E-state index contributed by atoms with van der Waals surface area (Å²) in [4.78, 5) is 16.0. The number of rotatable bonds is 13. The number of primary sulfonamides is 1. The maximum absolute atomic E-state index is 13.6. The monoisotopic (exact) mass is 652 g/mol. The van der Waals surface area contributed by atoms with E-state index in [0.717, 1.165) is 30.1 Å². The van der Waals surface area contributed by atoms with Crippen LogP contribution in [0.3, 0.4) is 0 Å². The van der Waals surface area contributed by atoms with Crippen molar-refractivity contribution >= 4 is 43.2 Å². The minimum atomic E-state index is -5.98. The number of thioether (sulfide) groups is 1. The fourth-order valence-corrected chi connectivity index (χ4v) is 6.90. The second-order valence-electron chi connectivity index (χ2n) is 9.64. The zero-order valence-corrected chi connectivity index (χ0v) is 25.7. The van der Waals surface area contributed by atoms with Crippen LogP contribution in [0, 0.1) is 0 Å². The van der Waals surface area contributed by atoms with Crippen molar-refractivity contribution in [2.45, 2.75) is 52.6 Å². The number of carbonyl (C=O) groups is 1. The van der Waals surface area contributed by atoms with Gasteiger partial charge in [0.05, 0.1) is 23.3 Å². The van der Waals surface area contributed by atoms with Crippen LogP contribution in [-0.4, -0.2) is 95.3 Å². The Morgan fingerprint density at radius 2 is 1.81 bits per heavy atom. The standard InChI is InChI=1S/C26H35F3N4O6S3/c1-3-32(4-2)16-20-17-33(12-13-39-20)25(34)14-19(18-40-21-8-6-5-7-9-21)31-23-11-10-22(42(30,37)38)15-24(23)41(35,36)26(27,28)29/h5-11,15,19-20,31H,3-4,12-14,16-18H2,1-2H3,(H2,30,37,38)/t19-,20-/m1/s1. The van der Waals surface area contributed by atoms with Crippen LogP contribution in [0.15, 0.2) is 63.2 Å². The number of sulfone groups is 1. The van der Waals surface area contributed by atoms with Crippen LogP contribution in [0.2, 0.25) is 0 Å². The number of nitrogens with zero attached hydrogens (tertiary/aromatic N) is 2. The first-order valence-electron chi connectivity index (χ1n) is 13.2. The molecular formula is C26H35F3N4O6S3. The molecule has 234 valence electrons. The number of hydrogen-bond donors (Lipinski definition) is 2. The fourth-order valence-electron chi connectivity index (χ4n) is 4.40. The maximum Gasteiger partial charge on any atom is 0.501 e. The quantitative estimate of drug-likeness (QED) is 0.313. The van der Waals surface area contributed by atoms with E-state index in [9.17, 15) is 34.8 Å². The Morgan fingerprint density at radius 3 is 2.40 bits per heavy atom. The van der Waals surface area contributed by atoms with Gasteiger partial charge in [0.2, 0.25) is 15.9 Å². The van der Waals surface area contributed by atoms with Crippen molar-refractivity contribution in [1.82, 2.24) is 9.80 Å². The van der Waals surface area contributed by atoms with Crippen LogP contribution in [0.1, 0.15) is 20.3 Å². The highest BCUT2D eigenvalue weighted by molar-refractivity contribution is 7.99. The molecule has 1 aliphatic heterocycles. The summed E-state index contributed by atoms with van der Waals surface area (Å²) < 4.78 is 95.2. The number of sulfonamides is 1. The van der Waals surface area contributed by atoms with Crippen LogP contribution >= 0.6 is 11.8 Å². The van der Waals surface area contributed by atoms with Gasteiger partial charge in [0, 0.05) is 42.7 Å². The second kappa shape index (κ2) is 14.4. The molecule has 3 rings (SSSR count). The maximum atomic E-state index is 13.6. The number of benzene rings is 2. The molecule has 1 aliphatic rings. The van der Waals surface area contributed by atoms with E-state index in [1.807, 2.05) is 32.0 Å². The van der Waals surface area contributed by atoms with Crippen molar-refractivity contribution in [3.63, 3.8) is 0 Å². The van der Waals surface area contributed by atoms with E-state index in [4.69, 9.17) is 9.88 Å². The summed E-state index contributed by atoms with van der Waals surface area (Å²) in [5, 5.41) is 7.84. The molecule has 0 spiro atoms. The van der Waals surface area contributed by atoms with Gasteiger partial charge in [-0.15, -0.1) is 11.8 Å². The number of morpholine rings is 1. The average Bonchev–Trinajstić information content (AvgIpc) is 2.94. The summed E-state index contributed by atoms with van der Waals surface area (Å²) in [6.07, 6.45) is -0.373. The highest BCUT2D eigenvalue weighted by Crippen LogP contribution is 2.36. The largest absolute Gasteiger partial charge is 0.501 e. The van der Waals surface area contributed by atoms with E-state index >= 15 is 0 Å². The smallest absolute Gasteiger partial charge is 0.380 e. The first-order valence-corrected chi connectivity index (χ1v) is 17.2. The predicted octanol–water partition coefficient (Wildman–Crippen LogP) is 3.16. The van der Waals surface area contributed by atoms with Crippen molar-refractivity contribution in [2.75, 3.05) is 50.4 Å². The van der Waals surface area contributed by atoms with Gasteiger partial charge >= 0.3 is 5.51 Å². The lowest BCUT2D eigenvalue weighted by molar-refractivity contribution is -0.139. The number of ether oxygens (including phenoxy) is 1. The molecule has 2 aromatic carbocycles. The number of likely N-dealkylation sites (N-methyl/N-ethyl adjacent to an activating group) is 1. The molecule has 2 aromatic rings. The number of carbonyl (C=O) groups excluding carboxylic acids is 1. The number of amides is 1. The molecule has 16 heteroatoms. The van der Waals surface area contributed by atoms with Gasteiger partial charge in [0.25, 0.3) is 9.84 Å². The third kappa shape index (κ3) is 9.07. The highest BCUT2D eigenvalue weighted by Gasteiger charge is 2.48. The molecule has 0 bridgehead atoms. The molecule has 0 saturated carbocycles. The summed E-state index contributed by atoms with van der Waals surface area (Å²) in [6.45, 7) is 7.33. The number of halogens is 3. The number of nitrogens with one attached hydrogen (secondary N) is 1. The van der Waals surface area contributed by atoms with Crippen molar-refractivity contribution in [2.24, 2.45) is 5.14 Å². The molecule has 3 N–H and O–H groups in total. The third-order valence-electron chi connectivity index (χ3n) is 6.70. The Bertz CT molecular complexity index is 1420. The SMILES string of the molecule is CCN(CC)C[C@@H]1CN(C(=O)C[C@H](CSc2ccccc2)Nc2ccc(S(N)(=O)=O)cc2S(=O)(=O)C(F)(F)F)CCO1. The van der Waals surface area contributed by atoms with E-state index in [2.05, 4.69) is 10.2 Å². The lowest BCUT2D eigenvalue weighted by Gasteiger charge is -2.36. The van der Waals surface area contributed by atoms with E-state index in [1.165, 1.54) is 11.8 Å². The van der Waals surface area contributed by atoms with Crippen LogP contribution in [0.4, 0.5) is 18.9 Å². The van der Waals surface area contributed by atoms with Crippen molar-refractivity contribution in [3.8, 4) is 0 Å². The van der Waals surface area contributed by atoms with E-state index < -0.39 is 46.9 Å². The lowest BCUT2D eigenvalue weighted by atomic mass is 10.1. The van der Waals surface area contributed by atoms with E-state index in [1.54, 1.807) is 17.0 Å². The normalized spacial score (nSPS) is 17.3. The Morgan fingerprint density at radius 1 is 1.14 bits per heavy atom. The fraction of sp³-hybridized carbons (Fsp3) is 0.500. The molecular weight excluding hydrogens is 618 g/mol. The van der Waals surface area contributed by atoms with Gasteiger partial charge in [-0.3, -0.25) is 4.79 Å². The minimum absolute atomic E-state index is 0.166. The number of alkyl halides is 3. The number of nitrogens with two attached hydrogens (primary N) is 1. The molecule has 0 unspecified atom stereocenters. The summed E-state index contributed by atoms with van der Waals surface area (Å²) >= 11 is 1.33.